The number of aryl methyl sites for hydroxylation is 1. The molecule has 25 heavy (non-hydrogen) atoms. The number of nitrogens with one attached hydrogen (secondary N) is 2. The third-order valence-electron chi connectivity index (χ3n) is 4.28. The summed E-state index contributed by atoms with van der Waals surface area (Å²) >= 11 is 0. The first-order chi connectivity index (χ1) is 11.5. The van der Waals surface area contributed by atoms with Crippen molar-refractivity contribution in [1.82, 2.24) is 10.6 Å². The molecule has 1 aliphatic rings. The summed E-state index contributed by atoms with van der Waals surface area (Å²) in [6, 6.07) is 5.75. The summed E-state index contributed by atoms with van der Waals surface area (Å²) in [6.07, 6.45) is 2.22. The van der Waals surface area contributed by atoms with Crippen molar-refractivity contribution in [3.8, 4) is 5.75 Å². The minimum Gasteiger partial charge on any atom is -0.493 e. The Bertz CT molecular complexity index is 551. The minimum absolute atomic E-state index is 0. The quantitative estimate of drug-likeness (QED) is 0.615. The van der Waals surface area contributed by atoms with Crippen LogP contribution in [0, 0.1) is 12.8 Å². The van der Waals surface area contributed by atoms with E-state index in [-0.39, 0.29) is 24.4 Å². The lowest BCUT2D eigenvalue weighted by Crippen LogP contribution is -2.40. The van der Waals surface area contributed by atoms with Gasteiger partial charge in [0.25, 0.3) is 0 Å². The number of benzene rings is 1. The maximum atomic E-state index is 12.2. The highest BCUT2D eigenvalue weighted by Gasteiger charge is 2.27. The predicted molar refractivity (Wildman–Crippen MR) is 102 cm³/mol. The number of carbonyl (C=O) groups is 1. The number of carbonyl (C=O) groups excluding carboxylic acids is 1. The number of amides is 1. The van der Waals surface area contributed by atoms with Crippen LogP contribution in [-0.4, -0.2) is 36.3 Å². The molecular formula is C19H31ClN2O3. The number of halogens is 1. The van der Waals surface area contributed by atoms with E-state index in [1.807, 2.05) is 25.1 Å². The molecule has 0 aliphatic carbocycles. The van der Waals surface area contributed by atoms with Gasteiger partial charge in [0.15, 0.2) is 0 Å². The molecule has 6 heteroatoms. The Morgan fingerprint density at radius 2 is 2.20 bits per heavy atom. The van der Waals surface area contributed by atoms with E-state index in [4.69, 9.17) is 4.74 Å². The molecule has 2 unspecified atom stereocenters. The zero-order chi connectivity index (χ0) is 17.5. The molecule has 0 saturated carbocycles. The molecule has 0 spiro atoms. The van der Waals surface area contributed by atoms with Crippen molar-refractivity contribution in [2.75, 3.05) is 13.2 Å². The lowest BCUT2D eigenvalue weighted by Gasteiger charge is -2.15. The van der Waals surface area contributed by atoms with Gasteiger partial charge in [-0.25, -0.2) is 0 Å². The van der Waals surface area contributed by atoms with Gasteiger partial charge >= 0.3 is 0 Å². The maximum absolute atomic E-state index is 12.2. The van der Waals surface area contributed by atoms with Crippen LogP contribution in [0.5, 0.6) is 5.75 Å². The molecule has 3 N–H and O–H groups in total. The number of aliphatic hydroxyl groups excluding tert-OH is 1. The van der Waals surface area contributed by atoms with E-state index in [1.54, 1.807) is 0 Å². The monoisotopic (exact) mass is 370 g/mol. The van der Waals surface area contributed by atoms with Crippen LogP contribution in [0.1, 0.15) is 44.2 Å². The summed E-state index contributed by atoms with van der Waals surface area (Å²) in [5, 5.41) is 15.5. The summed E-state index contributed by atoms with van der Waals surface area (Å²) in [5.74, 6) is 1.45. The van der Waals surface area contributed by atoms with Crippen LogP contribution in [0.15, 0.2) is 18.2 Å². The molecule has 1 aliphatic heterocycles. The fraction of sp³-hybridized carbons (Fsp3) is 0.632. The summed E-state index contributed by atoms with van der Waals surface area (Å²) in [6.45, 7) is 8.06. The largest absolute Gasteiger partial charge is 0.493 e. The molecule has 1 aromatic carbocycles. The van der Waals surface area contributed by atoms with Crippen LogP contribution >= 0.6 is 12.4 Å². The van der Waals surface area contributed by atoms with Crippen molar-refractivity contribution < 1.29 is 14.6 Å². The molecule has 1 aromatic rings. The van der Waals surface area contributed by atoms with Gasteiger partial charge in [-0.05, 0) is 43.7 Å². The van der Waals surface area contributed by atoms with Gasteiger partial charge in [0, 0.05) is 18.7 Å². The molecular weight excluding hydrogens is 340 g/mol. The maximum Gasteiger partial charge on any atom is 0.237 e. The predicted octanol–water partition coefficient (Wildman–Crippen LogP) is 2.57. The number of aliphatic hydroxyl groups is 1. The van der Waals surface area contributed by atoms with Crippen molar-refractivity contribution in [1.29, 1.82) is 0 Å². The lowest BCUT2D eigenvalue weighted by atomic mass is 10.1. The zero-order valence-electron chi connectivity index (χ0n) is 15.4. The van der Waals surface area contributed by atoms with Gasteiger partial charge in [0.05, 0.1) is 18.8 Å². The van der Waals surface area contributed by atoms with Crippen LogP contribution < -0.4 is 15.4 Å². The highest BCUT2D eigenvalue weighted by Crippen LogP contribution is 2.21. The van der Waals surface area contributed by atoms with Gasteiger partial charge < -0.3 is 20.5 Å². The molecule has 0 bridgehead atoms. The van der Waals surface area contributed by atoms with Gasteiger partial charge in [0.2, 0.25) is 5.91 Å². The highest BCUT2D eigenvalue weighted by molar-refractivity contribution is 5.85. The fourth-order valence-corrected chi connectivity index (χ4v) is 2.84. The number of ether oxygens (including phenoxy) is 1. The van der Waals surface area contributed by atoms with E-state index < -0.39 is 6.10 Å². The highest BCUT2D eigenvalue weighted by atomic mass is 35.5. The van der Waals surface area contributed by atoms with E-state index in [0.29, 0.717) is 32.0 Å². The van der Waals surface area contributed by atoms with E-state index >= 15 is 0 Å². The number of hydrogen-bond acceptors (Lipinski definition) is 4. The molecule has 5 nitrogen and oxygen atoms in total. The van der Waals surface area contributed by atoms with E-state index in [0.717, 1.165) is 29.7 Å². The summed E-state index contributed by atoms with van der Waals surface area (Å²) < 4.78 is 5.94. The Morgan fingerprint density at radius 3 is 2.84 bits per heavy atom. The van der Waals surface area contributed by atoms with Gasteiger partial charge in [0.1, 0.15) is 5.75 Å². The average Bonchev–Trinajstić information content (AvgIpc) is 2.97. The Labute approximate surface area is 156 Å². The molecule has 1 heterocycles. The number of rotatable bonds is 8. The van der Waals surface area contributed by atoms with Gasteiger partial charge in [-0.1, -0.05) is 26.0 Å². The van der Waals surface area contributed by atoms with Gasteiger partial charge in [-0.3, -0.25) is 4.79 Å². The second kappa shape index (κ2) is 10.6. The normalized spacial score (nSPS) is 19.6. The van der Waals surface area contributed by atoms with E-state index in [9.17, 15) is 9.90 Å². The lowest BCUT2D eigenvalue weighted by molar-refractivity contribution is -0.123. The molecule has 0 aromatic heterocycles. The van der Waals surface area contributed by atoms with Crippen molar-refractivity contribution >= 4 is 18.3 Å². The average molecular weight is 371 g/mol. The SMILES string of the molecule is Cc1ccc(CNC(=O)C2CC(O)CN2)c(OCCCC(C)C)c1.Cl. The number of β-amino-alcohol motifs (C(OH)–C–C–N with tert-alkyl or cyclic N) is 1. The number of hydrogen-bond donors (Lipinski definition) is 3. The third-order valence-corrected chi connectivity index (χ3v) is 4.28. The molecule has 1 amide bonds. The summed E-state index contributed by atoms with van der Waals surface area (Å²) in [7, 11) is 0. The fourth-order valence-electron chi connectivity index (χ4n) is 2.84. The third kappa shape index (κ3) is 7.22. The van der Waals surface area contributed by atoms with Crippen molar-refractivity contribution in [3.63, 3.8) is 0 Å². The van der Waals surface area contributed by atoms with Gasteiger partial charge in [-0.2, -0.15) is 0 Å². The smallest absolute Gasteiger partial charge is 0.237 e. The van der Waals surface area contributed by atoms with E-state index in [2.05, 4.69) is 24.5 Å². The first kappa shape index (κ1) is 21.7. The van der Waals surface area contributed by atoms with Crippen LogP contribution in [0.25, 0.3) is 0 Å². The first-order valence-electron chi connectivity index (χ1n) is 8.87. The Kier molecular flexibility index (Phi) is 9.25. The van der Waals surface area contributed by atoms with Crippen LogP contribution in [0.2, 0.25) is 0 Å². The standard InChI is InChI=1S/C19H30N2O3.ClH/c1-13(2)5-4-8-24-18-9-14(3)6-7-15(18)11-21-19(23)17-10-16(22)12-20-17;/h6-7,9,13,16-17,20,22H,4-5,8,10-12H2,1-3H3,(H,21,23);1H. The topological polar surface area (TPSA) is 70.6 Å². The minimum atomic E-state index is -0.431. The second-order valence-corrected chi connectivity index (χ2v) is 7.06. The first-order valence-corrected chi connectivity index (χ1v) is 8.87. The van der Waals surface area contributed by atoms with Crippen LogP contribution in [0.3, 0.4) is 0 Å². The zero-order valence-corrected chi connectivity index (χ0v) is 16.2. The second-order valence-electron chi connectivity index (χ2n) is 7.06. The van der Waals surface area contributed by atoms with Crippen LogP contribution in [0.4, 0.5) is 0 Å². The Hall–Kier alpha value is -1.30. The Balaban J connectivity index is 0.00000312. The molecule has 142 valence electrons. The molecule has 1 fully saturated rings. The van der Waals surface area contributed by atoms with Crippen molar-refractivity contribution in [2.24, 2.45) is 5.92 Å². The summed E-state index contributed by atoms with van der Waals surface area (Å²) in [4.78, 5) is 12.2. The van der Waals surface area contributed by atoms with Crippen LogP contribution in [-0.2, 0) is 11.3 Å². The summed E-state index contributed by atoms with van der Waals surface area (Å²) in [5.41, 5.74) is 2.13. The van der Waals surface area contributed by atoms with Gasteiger partial charge in [-0.15, -0.1) is 12.4 Å². The van der Waals surface area contributed by atoms with E-state index in [1.165, 1.54) is 0 Å². The van der Waals surface area contributed by atoms with Crippen molar-refractivity contribution in [2.45, 2.75) is 58.7 Å². The molecule has 0 radical (unpaired) electrons. The van der Waals surface area contributed by atoms with Crippen molar-refractivity contribution in [3.05, 3.63) is 29.3 Å². The molecule has 2 atom stereocenters. The molecule has 1 saturated heterocycles. The molecule has 2 rings (SSSR count). The Morgan fingerprint density at radius 1 is 1.44 bits per heavy atom.